The van der Waals surface area contributed by atoms with Gasteiger partial charge in [-0.05, 0) is 30.6 Å². The maximum absolute atomic E-state index is 9.71. The SMILES string of the molecule is CC(C)(C)CC1(C)CC1(C)O. The predicted octanol–water partition coefficient (Wildman–Crippen LogP) is 2.58. The van der Waals surface area contributed by atoms with Crippen LogP contribution in [-0.2, 0) is 0 Å². The lowest BCUT2D eigenvalue weighted by Crippen LogP contribution is -2.19. The van der Waals surface area contributed by atoms with Gasteiger partial charge in [0.05, 0.1) is 5.60 Å². The van der Waals surface area contributed by atoms with Crippen molar-refractivity contribution in [3.8, 4) is 0 Å². The molecular weight excluding hydrogens is 136 g/mol. The molecule has 1 aliphatic rings. The molecule has 0 saturated heterocycles. The Balaban J connectivity index is 2.54. The Morgan fingerprint density at radius 2 is 1.64 bits per heavy atom. The van der Waals surface area contributed by atoms with E-state index in [-0.39, 0.29) is 11.0 Å². The summed E-state index contributed by atoms with van der Waals surface area (Å²) in [6.45, 7) is 10.8. The molecule has 2 unspecified atom stereocenters. The molecule has 0 aromatic rings. The van der Waals surface area contributed by atoms with Gasteiger partial charge in [0, 0.05) is 0 Å². The van der Waals surface area contributed by atoms with Crippen LogP contribution in [0.2, 0.25) is 0 Å². The van der Waals surface area contributed by atoms with E-state index in [4.69, 9.17) is 0 Å². The smallest absolute Gasteiger partial charge is 0.0680 e. The summed E-state index contributed by atoms with van der Waals surface area (Å²) in [7, 11) is 0. The Morgan fingerprint density at radius 3 is 1.73 bits per heavy atom. The second kappa shape index (κ2) is 2.01. The van der Waals surface area contributed by atoms with Crippen molar-refractivity contribution in [2.75, 3.05) is 0 Å². The summed E-state index contributed by atoms with van der Waals surface area (Å²) in [6.07, 6.45) is 2.09. The van der Waals surface area contributed by atoms with Crippen LogP contribution in [0.1, 0.15) is 47.5 Å². The topological polar surface area (TPSA) is 20.2 Å². The first-order valence-corrected chi connectivity index (χ1v) is 4.39. The molecule has 1 nitrogen and oxygen atoms in total. The largest absolute Gasteiger partial charge is 0.390 e. The minimum Gasteiger partial charge on any atom is -0.390 e. The predicted molar refractivity (Wildman–Crippen MR) is 47.4 cm³/mol. The second-order valence-corrected chi connectivity index (χ2v) is 5.75. The Hall–Kier alpha value is -0.0400. The molecule has 1 aliphatic carbocycles. The molecule has 1 heteroatoms. The summed E-state index contributed by atoms with van der Waals surface area (Å²) in [5.74, 6) is 0. The monoisotopic (exact) mass is 156 g/mol. The van der Waals surface area contributed by atoms with Gasteiger partial charge in [0.1, 0.15) is 0 Å². The van der Waals surface area contributed by atoms with Gasteiger partial charge in [-0.25, -0.2) is 0 Å². The second-order valence-electron chi connectivity index (χ2n) is 5.75. The van der Waals surface area contributed by atoms with Gasteiger partial charge in [-0.1, -0.05) is 27.7 Å². The molecule has 0 aliphatic heterocycles. The third-order valence-electron chi connectivity index (χ3n) is 2.83. The highest BCUT2D eigenvalue weighted by atomic mass is 16.3. The molecule has 1 fully saturated rings. The average Bonchev–Trinajstić information content (AvgIpc) is 1.96. The van der Waals surface area contributed by atoms with E-state index in [0.717, 1.165) is 12.8 Å². The molecule has 0 bridgehead atoms. The molecule has 11 heavy (non-hydrogen) atoms. The van der Waals surface area contributed by atoms with Crippen molar-refractivity contribution in [2.24, 2.45) is 10.8 Å². The minimum absolute atomic E-state index is 0.186. The summed E-state index contributed by atoms with van der Waals surface area (Å²) < 4.78 is 0. The Morgan fingerprint density at radius 1 is 1.27 bits per heavy atom. The van der Waals surface area contributed by atoms with E-state index in [1.165, 1.54) is 0 Å². The van der Waals surface area contributed by atoms with Gasteiger partial charge >= 0.3 is 0 Å². The fourth-order valence-corrected chi connectivity index (χ4v) is 2.14. The Bertz CT molecular complexity index is 164. The van der Waals surface area contributed by atoms with Gasteiger partial charge in [-0.2, -0.15) is 0 Å². The average molecular weight is 156 g/mol. The molecule has 0 aromatic carbocycles. The highest BCUT2D eigenvalue weighted by molar-refractivity contribution is 5.11. The third-order valence-corrected chi connectivity index (χ3v) is 2.83. The lowest BCUT2D eigenvalue weighted by Gasteiger charge is -2.24. The summed E-state index contributed by atoms with van der Waals surface area (Å²) in [5.41, 5.74) is 0.140. The van der Waals surface area contributed by atoms with Crippen molar-refractivity contribution in [3.05, 3.63) is 0 Å². The van der Waals surface area contributed by atoms with Crippen LogP contribution in [0.5, 0.6) is 0 Å². The lowest BCUT2D eigenvalue weighted by atomic mass is 9.82. The van der Waals surface area contributed by atoms with E-state index in [0.29, 0.717) is 5.41 Å². The summed E-state index contributed by atoms with van der Waals surface area (Å²) >= 11 is 0. The van der Waals surface area contributed by atoms with Crippen LogP contribution < -0.4 is 0 Å². The fourth-order valence-electron chi connectivity index (χ4n) is 2.14. The van der Waals surface area contributed by atoms with E-state index in [1.807, 2.05) is 6.92 Å². The molecule has 1 N–H and O–H groups in total. The molecule has 0 radical (unpaired) electrons. The maximum Gasteiger partial charge on any atom is 0.0680 e. The molecule has 1 saturated carbocycles. The van der Waals surface area contributed by atoms with Gasteiger partial charge in [0.25, 0.3) is 0 Å². The summed E-state index contributed by atoms with van der Waals surface area (Å²) in [4.78, 5) is 0. The molecule has 66 valence electrons. The first-order valence-electron chi connectivity index (χ1n) is 4.39. The molecular formula is C10H20O. The first-order chi connectivity index (χ1) is 4.66. The van der Waals surface area contributed by atoms with Crippen molar-refractivity contribution in [2.45, 2.75) is 53.1 Å². The number of hydrogen-bond donors (Lipinski definition) is 1. The molecule has 0 amide bonds. The van der Waals surface area contributed by atoms with E-state index < -0.39 is 0 Å². The lowest BCUT2D eigenvalue weighted by molar-refractivity contribution is 0.102. The molecule has 0 heterocycles. The molecule has 2 atom stereocenters. The van der Waals surface area contributed by atoms with Crippen LogP contribution in [-0.4, -0.2) is 10.7 Å². The van der Waals surface area contributed by atoms with Crippen LogP contribution in [0.15, 0.2) is 0 Å². The maximum atomic E-state index is 9.71. The number of hydrogen-bond acceptors (Lipinski definition) is 1. The van der Waals surface area contributed by atoms with Crippen LogP contribution in [0, 0.1) is 10.8 Å². The van der Waals surface area contributed by atoms with Gasteiger partial charge in [-0.3, -0.25) is 0 Å². The zero-order chi connectivity index (χ0) is 8.91. The Labute approximate surface area is 69.8 Å². The standard InChI is InChI=1S/C10H20O/c1-8(2,3)6-9(4)7-10(9,5)11/h11H,6-7H2,1-5H3. The number of rotatable bonds is 1. The van der Waals surface area contributed by atoms with Crippen molar-refractivity contribution < 1.29 is 5.11 Å². The fraction of sp³-hybridized carbons (Fsp3) is 1.00. The molecule has 0 aromatic heterocycles. The quantitative estimate of drug-likeness (QED) is 0.618. The van der Waals surface area contributed by atoms with Crippen LogP contribution in [0.25, 0.3) is 0 Å². The highest BCUT2D eigenvalue weighted by Gasteiger charge is 2.60. The van der Waals surface area contributed by atoms with Crippen molar-refractivity contribution in [1.82, 2.24) is 0 Å². The van der Waals surface area contributed by atoms with E-state index >= 15 is 0 Å². The van der Waals surface area contributed by atoms with Gasteiger partial charge in [0.15, 0.2) is 0 Å². The van der Waals surface area contributed by atoms with E-state index in [1.54, 1.807) is 0 Å². The van der Waals surface area contributed by atoms with E-state index in [2.05, 4.69) is 27.7 Å². The summed E-state index contributed by atoms with van der Waals surface area (Å²) in [6, 6.07) is 0. The normalized spacial score (nSPS) is 44.2. The summed E-state index contributed by atoms with van der Waals surface area (Å²) in [5, 5.41) is 9.71. The minimum atomic E-state index is -0.389. The zero-order valence-corrected chi connectivity index (χ0v) is 8.36. The Kier molecular flexibility index (Phi) is 1.65. The van der Waals surface area contributed by atoms with Gasteiger partial charge in [0.2, 0.25) is 0 Å². The van der Waals surface area contributed by atoms with Gasteiger partial charge in [-0.15, -0.1) is 0 Å². The zero-order valence-electron chi connectivity index (χ0n) is 8.36. The number of aliphatic hydroxyl groups is 1. The van der Waals surface area contributed by atoms with Crippen molar-refractivity contribution >= 4 is 0 Å². The molecule has 0 spiro atoms. The van der Waals surface area contributed by atoms with Crippen LogP contribution in [0.4, 0.5) is 0 Å². The first kappa shape index (κ1) is 9.05. The third kappa shape index (κ3) is 1.76. The van der Waals surface area contributed by atoms with Gasteiger partial charge < -0.3 is 5.11 Å². The van der Waals surface area contributed by atoms with E-state index in [9.17, 15) is 5.11 Å². The highest BCUT2D eigenvalue weighted by Crippen LogP contribution is 2.60. The van der Waals surface area contributed by atoms with Crippen LogP contribution in [0.3, 0.4) is 0 Å². The van der Waals surface area contributed by atoms with Crippen molar-refractivity contribution in [3.63, 3.8) is 0 Å². The molecule has 1 rings (SSSR count). The van der Waals surface area contributed by atoms with Crippen LogP contribution >= 0.6 is 0 Å². The van der Waals surface area contributed by atoms with Crippen molar-refractivity contribution in [1.29, 1.82) is 0 Å².